The molecular formula is C32H41N9O5. The third-order valence-electron chi connectivity index (χ3n) is 8.08. The first-order chi connectivity index (χ1) is 22.4. The Morgan fingerprint density at radius 1 is 0.826 bits per heavy atom. The first-order valence-corrected chi connectivity index (χ1v) is 15.6. The maximum absolute atomic E-state index is 12.7. The number of rotatable bonds is 10. The van der Waals surface area contributed by atoms with Crippen molar-refractivity contribution in [2.24, 2.45) is 0 Å². The van der Waals surface area contributed by atoms with E-state index in [9.17, 15) is 9.59 Å². The van der Waals surface area contributed by atoms with Gasteiger partial charge in [-0.3, -0.25) is 4.79 Å². The summed E-state index contributed by atoms with van der Waals surface area (Å²) in [5.74, 6) is 1.68. The number of carbonyl (C=O) groups is 2. The normalized spacial score (nSPS) is 19.5. The van der Waals surface area contributed by atoms with E-state index in [1.165, 1.54) is 0 Å². The van der Waals surface area contributed by atoms with Gasteiger partial charge in [-0.15, -0.1) is 0 Å². The molecule has 0 aliphatic carbocycles. The maximum Gasteiger partial charge on any atom is 0.319 e. The molecule has 3 aliphatic heterocycles. The lowest BCUT2D eigenvalue weighted by molar-refractivity contribution is -0.0355. The third-order valence-corrected chi connectivity index (χ3v) is 8.08. The Kier molecular flexibility index (Phi) is 10.2. The van der Waals surface area contributed by atoms with Crippen LogP contribution in [-0.2, 0) is 20.8 Å². The average molecular weight is 632 g/mol. The van der Waals surface area contributed by atoms with Gasteiger partial charge in [-0.2, -0.15) is 15.0 Å². The average Bonchev–Trinajstić information content (AvgIpc) is 3.07. The van der Waals surface area contributed by atoms with Crippen LogP contribution in [0.15, 0.2) is 48.5 Å². The van der Waals surface area contributed by atoms with Gasteiger partial charge in [-0.25, -0.2) is 4.79 Å². The molecule has 14 nitrogen and oxygen atoms in total. The lowest BCUT2D eigenvalue weighted by Gasteiger charge is -2.45. The largest absolute Gasteiger partial charge is 0.378 e. The molecule has 3 amide bonds. The van der Waals surface area contributed by atoms with Crippen LogP contribution in [0, 0.1) is 0 Å². The topological polar surface area (TPSA) is 146 Å². The smallest absolute Gasteiger partial charge is 0.319 e. The van der Waals surface area contributed by atoms with Gasteiger partial charge in [0.1, 0.15) is 0 Å². The van der Waals surface area contributed by atoms with Gasteiger partial charge in [-0.1, -0.05) is 12.1 Å². The molecule has 6 rings (SSSR count). The molecule has 3 fully saturated rings. The molecule has 2 bridgehead atoms. The molecule has 4 heterocycles. The number of anilines is 3. The van der Waals surface area contributed by atoms with Crippen LogP contribution in [0.3, 0.4) is 0 Å². The van der Waals surface area contributed by atoms with E-state index in [0.717, 1.165) is 17.7 Å². The summed E-state index contributed by atoms with van der Waals surface area (Å²) in [6, 6.07) is 14.4. The summed E-state index contributed by atoms with van der Waals surface area (Å²) in [6.45, 7) is 6.56. The van der Waals surface area contributed by atoms with Crippen LogP contribution >= 0.6 is 0 Å². The van der Waals surface area contributed by atoms with Crippen LogP contribution in [0.2, 0.25) is 0 Å². The van der Waals surface area contributed by atoms with Crippen molar-refractivity contribution in [1.82, 2.24) is 30.5 Å². The van der Waals surface area contributed by atoms with Crippen LogP contribution in [-0.4, -0.2) is 124 Å². The fourth-order valence-electron chi connectivity index (χ4n) is 5.55. The van der Waals surface area contributed by atoms with Crippen molar-refractivity contribution < 1.29 is 23.8 Å². The number of aromatic nitrogens is 3. The summed E-state index contributed by atoms with van der Waals surface area (Å²) in [5.41, 5.74) is 2.91. The minimum Gasteiger partial charge on any atom is -0.378 e. The molecule has 1 aromatic heterocycles. The number of urea groups is 1. The van der Waals surface area contributed by atoms with Crippen LogP contribution < -0.4 is 25.8 Å². The maximum atomic E-state index is 12.7. The lowest BCUT2D eigenvalue weighted by atomic mass is 10.1. The second-order valence-electron chi connectivity index (χ2n) is 11.8. The zero-order valence-electron chi connectivity index (χ0n) is 26.3. The van der Waals surface area contributed by atoms with Gasteiger partial charge in [0.2, 0.25) is 11.9 Å². The van der Waals surface area contributed by atoms with Crippen LogP contribution in [0.25, 0.3) is 11.4 Å². The van der Waals surface area contributed by atoms with Crippen molar-refractivity contribution >= 4 is 29.5 Å². The molecule has 46 heavy (non-hydrogen) atoms. The van der Waals surface area contributed by atoms with Crippen molar-refractivity contribution in [1.29, 1.82) is 0 Å². The molecule has 3 N–H and O–H groups in total. The zero-order chi connectivity index (χ0) is 31.9. The van der Waals surface area contributed by atoms with Crippen LogP contribution in [0.1, 0.15) is 15.9 Å². The number of ether oxygens (including phenoxy) is 3. The van der Waals surface area contributed by atoms with E-state index in [-0.39, 0.29) is 24.0 Å². The number of carbonyl (C=O) groups excluding carboxylic acids is 2. The summed E-state index contributed by atoms with van der Waals surface area (Å²) >= 11 is 0. The predicted octanol–water partition coefficient (Wildman–Crippen LogP) is 1.59. The summed E-state index contributed by atoms with van der Waals surface area (Å²) in [5, 5.41) is 8.64. The second-order valence-corrected chi connectivity index (χ2v) is 11.8. The van der Waals surface area contributed by atoms with Gasteiger partial charge >= 0.3 is 6.03 Å². The number of nitrogens with zero attached hydrogens (tertiary/aromatic N) is 6. The number of nitrogens with one attached hydrogen (secondary N) is 3. The summed E-state index contributed by atoms with van der Waals surface area (Å²) in [7, 11) is 3.92. The molecule has 3 aromatic rings. The lowest BCUT2D eigenvalue weighted by Crippen LogP contribution is -2.60. The van der Waals surface area contributed by atoms with Crippen molar-refractivity contribution in [2.75, 3.05) is 95.0 Å². The van der Waals surface area contributed by atoms with E-state index in [1.54, 1.807) is 12.1 Å². The summed E-state index contributed by atoms with van der Waals surface area (Å²) in [6.07, 6.45) is 0. The van der Waals surface area contributed by atoms with Crippen molar-refractivity contribution in [3.63, 3.8) is 0 Å². The quantitative estimate of drug-likeness (QED) is 0.300. The number of benzene rings is 2. The van der Waals surface area contributed by atoms with E-state index in [1.807, 2.05) is 55.4 Å². The van der Waals surface area contributed by atoms with Crippen molar-refractivity contribution in [3.05, 3.63) is 59.7 Å². The number of likely N-dealkylation sites (N-methyl/N-ethyl adjacent to an activating group) is 1. The molecule has 14 heteroatoms. The highest BCUT2D eigenvalue weighted by molar-refractivity contribution is 5.94. The minimum atomic E-state index is -0.337. The summed E-state index contributed by atoms with van der Waals surface area (Å²) < 4.78 is 17.1. The Morgan fingerprint density at radius 2 is 1.48 bits per heavy atom. The second kappa shape index (κ2) is 14.8. The Balaban J connectivity index is 1.09. The molecule has 0 saturated carbocycles. The highest BCUT2D eigenvalue weighted by Crippen LogP contribution is 2.29. The van der Waals surface area contributed by atoms with Gasteiger partial charge in [0, 0.05) is 49.5 Å². The van der Waals surface area contributed by atoms with Crippen molar-refractivity contribution in [3.8, 4) is 11.4 Å². The first-order valence-electron chi connectivity index (χ1n) is 15.6. The molecule has 3 saturated heterocycles. The fourth-order valence-corrected chi connectivity index (χ4v) is 5.55. The van der Waals surface area contributed by atoms with E-state index in [2.05, 4.69) is 25.8 Å². The Morgan fingerprint density at radius 3 is 2.13 bits per heavy atom. The minimum absolute atomic E-state index is 0.0425. The standard InChI is InChI=1S/C32H41N9O5/c1-39(2)12-11-33-29(42)24-5-3-22(4-6-24)17-34-32(43)35-25-9-7-23(8-10-25)28-36-30(40-13-15-44-16-14-40)38-31(37-28)41-26-18-45-20-27(41)21-46-19-26/h3-10,26-27H,11-21H2,1-2H3,(H,33,42)(H2,34,35,43). The molecule has 3 aliphatic rings. The first kappa shape index (κ1) is 31.6. The molecule has 0 spiro atoms. The zero-order valence-corrected chi connectivity index (χ0v) is 26.3. The fraction of sp³-hybridized carbons (Fsp3) is 0.469. The van der Waals surface area contributed by atoms with Gasteiger partial charge < -0.3 is 44.9 Å². The highest BCUT2D eigenvalue weighted by Gasteiger charge is 2.38. The predicted molar refractivity (Wildman–Crippen MR) is 173 cm³/mol. The third kappa shape index (κ3) is 7.88. The van der Waals surface area contributed by atoms with Crippen LogP contribution in [0.4, 0.5) is 22.4 Å². The molecule has 2 aromatic carbocycles. The Labute approximate surface area is 268 Å². The molecule has 244 valence electrons. The SMILES string of the molecule is CN(C)CCNC(=O)c1ccc(CNC(=O)Nc2ccc(-c3nc(N4CCOCC4)nc(N4C5COCC4COC5)n3)cc2)cc1. The summed E-state index contributed by atoms with van der Waals surface area (Å²) in [4.78, 5) is 46.0. The molecular weight excluding hydrogens is 590 g/mol. The number of hydrogen-bond donors (Lipinski definition) is 3. The van der Waals surface area contributed by atoms with Crippen LogP contribution in [0.5, 0.6) is 0 Å². The number of hydrogen-bond acceptors (Lipinski definition) is 11. The van der Waals surface area contributed by atoms with E-state index in [4.69, 9.17) is 29.2 Å². The van der Waals surface area contributed by atoms with Crippen molar-refractivity contribution in [2.45, 2.75) is 18.6 Å². The molecule has 0 unspecified atom stereocenters. The molecule has 0 atom stereocenters. The van der Waals surface area contributed by atoms with Gasteiger partial charge in [0.05, 0.1) is 51.7 Å². The number of amides is 3. The van der Waals surface area contributed by atoms with E-state index < -0.39 is 0 Å². The van der Waals surface area contributed by atoms with Gasteiger partial charge in [0.25, 0.3) is 5.91 Å². The van der Waals surface area contributed by atoms with Gasteiger partial charge in [-0.05, 0) is 56.1 Å². The Bertz CT molecular complexity index is 1460. The van der Waals surface area contributed by atoms with Gasteiger partial charge in [0.15, 0.2) is 5.82 Å². The number of morpholine rings is 3. The van der Waals surface area contributed by atoms with E-state index in [0.29, 0.717) is 94.8 Å². The number of fused-ring (bicyclic) bond motifs is 2. The monoisotopic (exact) mass is 631 g/mol. The molecule has 0 radical (unpaired) electrons. The Hall–Kier alpha value is -4.37. The van der Waals surface area contributed by atoms with E-state index >= 15 is 0 Å². The highest BCUT2D eigenvalue weighted by atomic mass is 16.5.